The van der Waals surface area contributed by atoms with E-state index in [-0.39, 0.29) is 12.1 Å². The number of nitrogens with zero attached hydrogens (tertiary/aromatic N) is 2. The zero-order valence-corrected chi connectivity index (χ0v) is 11.1. The summed E-state index contributed by atoms with van der Waals surface area (Å²) in [6, 6.07) is 1.98. The van der Waals surface area contributed by atoms with Gasteiger partial charge in [-0.1, -0.05) is 6.92 Å². The highest BCUT2D eigenvalue weighted by molar-refractivity contribution is 7.89. The van der Waals surface area contributed by atoms with Crippen molar-refractivity contribution in [2.45, 2.75) is 51.1 Å². The summed E-state index contributed by atoms with van der Waals surface area (Å²) in [7, 11) is -3.42. The molecule has 98 valence electrons. The highest BCUT2D eigenvalue weighted by Gasteiger charge is 2.31. The monoisotopic (exact) mass is 259 g/mol. The SMILES string of the molecule is CCCN(C1CCC(N)CC1)S(=O)(=O)CC#N. The first-order valence-electron chi connectivity index (χ1n) is 6.13. The summed E-state index contributed by atoms with van der Waals surface area (Å²) in [4.78, 5) is 0. The van der Waals surface area contributed by atoms with Gasteiger partial charge >= 0.3 is 0 Å². The third-order valence-corrected chi connectivity index (χ3v) is 4.89. The van der Waals surface area contributed by atoms with Crippen molar-refractivity contribution in [3.8, 4) is 6.07 Å². The maximum Gasteiger partial charge on any atom is 0.227 e. The van der Waals surface area contributed by atoms with Crippen LogP contribution < -0.4 is 5.73 Å². The van der Waals surface area contributed by atoms with Crippen molar-refractivity contribution in [3.05, 3.63) is 0 Å². The Morgan fingerprint density at radius 3 is 2.41 bits per heavy atom. The van der Waals surface area contributed by atoms with Gasteiger partial charge in [-0.3, -0.25) is 0 Å². The van der Waals surface area contributed by atoms with E-state index in [0.717, 1.165) is 32.1 Å². The summed E-state index contributed by atoms with van der Waals surface area (Å²) in [6.45, 7) is 2.45. The zero-order chi connectivity index (χ0) is 12.9. The maximum atomic E-state index is 12.0. The van der Waals surface area contributed by atoms with Crippen molar-refractivity contribution in [2.24, 2.45) is 5.73 Å². The van der Waals surface area contributed by atoms with Crippen LogP contribution in [0.25, 0.3) is 0 Å². The maximum absolute atomic E-state index is 12.0. The Balaban J connectivity index is 2.76. The van der Waals surface area contributed by atoms with Crippen LogP contribution in [0.2, 0.25) is 0 Å². The Hall–Kier alpha value is -0.640. The Bertz CT molecular complexity index is 367. The fraction of sp³-hybridized carbons (Fsp3) is 0.909. The first-order chi connectivity index (χ1) is 8.01. The van der Waals surface area contributed by atoms with Gasteiger partial charge in [0.15, 0.2) is 5.75 Å². The second-order valence-corrected chi connectivity index (χ2v) is 6.52. The predicted octanol–water partition coefficient (Wildman–Crippen LogP) is 0.822. The van der Waals surface area contributed by atoms with Crippen molar-refractivity contribution in [1.29, 1.82) is 5.26 Å². The van der Waals surface area contributed by atoms with E-state index in [1.807, 2.05) is 6.92 Å². The molecule has 0 bridgehead atoms. The minimum Gasteiger partial charge on any atom is -0.328 e. The zero-order valence-electron chi connectivity index (χ0n) is 10.3. The van der Waals surface area contributed by atoms with Gasteiger partial charge in [0.1, 0.15) is 0 Å². The van der Waals surface area contributed by atoms with Crippen molar-refractivity contribution in [2.75, 3.05) is 12.3 Å². The molecule has 0 saturated heterocycles. The highest BCUT2D eigenvalue weighted by Crippen LogP contribution is 2.24. The molecule has 0 unspecified atom stereocenters. The topological polar surface area (TPSA) is 87.2 Å². The molecule has 0 aliphatic heterocycles. The second kappa shape index (κ2) is 6.34. The molecule has 0 radical (unpaired) electrons. The van der Waals surface area contributed by atoms with Crippen molar-refractivity contribution in [1.82, 2.24) is 4.31 Å². The minimum absolute atomic E-state index is 0.0353. The lowest BCUT2D eigenvalue weighted by atomic mass is 9.92. The number of hydrogen-bond donors (Lipinski definition) is 1. The van der Waals surface area contributed by atoms with Crippen LogP contribution in [0.5, 0.6) is 0 Å². The molecular formula is C11H21N3O2S. The van der Waals surface area contributed by atoms with Gasteiger partial charge < -0.3 is 5.73 Å². The molecule has 1 saturated carbocycles. The Morgan fingerprint density at radius 1 is 1.35 bits per heavy atom. The lowest BCUT2D eigenvalue weighted by molar-refractivity contribution is 0.241. The number of nitrogens with two attached hydrogens (primary N) is 1. The summed E-state index contributed by atoms with van der Waals surface area (Å²) < 4.78 is 25.5. The summed E-state index contributed by atoms with van der Waals surface area (Å²) in [6.07, 6.45) is 4.13. The van der Waals surface area contributed by atoms with E-state index in [1.165, 1.54) is 4.31 Å². The van der Waals surface area contributed by atoms with Gasteiger partial charge in [-0.05, 0) is 32.1 Å². The molecule has 1 aliphatic rings. The summed E-state index contributed by atoms with van der Waals surface area (Å²) >= 11 is 0. The molecule has 0 spiro atoms. The molecule has 1 fully saturated rings. The third-order valence-electron chi connectivity index (χ3n) is 3.20. The first kappa shape index (κ1) is 14.4. The van der Waals surface area contributed by atoms with Crippen LogP contribution in [0.3, 0.4) is 0 Å². The van der Waals surface area contributed by atoms with E-state index in [9.17, 15) is 8.42 Å². The molecule has 1 rings (SSSR count). The van der Waals surface area contributed by atoms with Gasteiger partial charge in [-0.25, -0.2) is 8.42 Å². The van der Waals surface area contributed by atoms with Gasteiger partial charge in [-0.2, -0.15) is 9.57 Å². The van der Waals surface area contributed by atoms with Crippen LogP contribution >= 0.6 is 0 Å². The fourth-order valence-electron chi connectivity index (χ4n) is 2.32. The van der Waals surface area contributed by atoms with Crippen LogP contribution in [-0.2, 0) is 10.0 Å². The summed E-state index contributed by atoms with van der Waals surface area (Å²) in [5, 5.41) is 8.58. The average Bonchev–Trinajstić information content (AvgIpc) is 2.27. The largest absolute Gasteiger partial charge is 0.328 e. The van der Waals surface area contributed by atoms with E-state index in [2.05, 4.69) is 0 Å². The number of nitriles is 1. The summed E-state index contributed by atoms with van der Waals surface area (Å²) in [5.41, 5.74) is 5.82. The smallest absolute Gasteiger partial charge is 0.227 e. The van der Waals surface area contributed by atoms with E-state index in [4.69, 9.17) is 11.0 Å². The molecule has 0 amide bonds. The van der Waals surface area contributed by atoms with Crippen LogP contribution in [0.15, 0.2) is 0 Å². The molecule has 0 aromatic carbocycles. The van der Waals surface area contributed by atoms with Crippen LogP contribution in [0.4, 0.5) is 0 Å². The summed E-state index contributed by atoms with van der Waals surface area (Å²) in [5.74, 6) is -0.421. The molecule has 2 N–H and O–H groups in total. The Kier molecular flexibility index (Phi) is 5.37. The lowest BCUT2D eigenvalue weighted by Crippen LogP contribution is -2.45. The first-order valence-corrected chi connectivity index (χ1v) is 7.74. The van der Waals surface area contributed by atoms with Crippen LogP contribution in [-0.4, -0.2) is 37.1 Å². The van der Waals surface area contributed by atoms with Crippen molar-refractivity contribution < 1.29 is 8.42 Å². The number of hydrogen-bond acceptors (Lipinski definition) is 4. The fourth-order valence-corrected chi connectivity index (χ4v) is 3.78. The molecular weight excluding hydrogens is 238 g/mol. The Labute approximate surface area is 104 Å². The molecule has 5 nitrogen and oxygen atoms in total. The van der Waals surface area contributed by atoms with E-state index in [1.54, 1.807) is 6.07 Å². The van der Waals surface area contributed by atoms with Crippen molar-refractivity contribution >= 4 is 10.0 Å². The van der Waals surface area contributed by atoms with Gasteiger partial charge in [-0.15, -0.1) is 0 Å². The van der Waals surface area contributed by atoms with E-state index < -0.39 is 15.8 Å². The number of rotatable bonds is 5. The molecule has 0 heterocycles. The van der Waals surface area contributed by atoms with Crippen LogP contribution in [0.1, 0.15) is 39.0 Å². The van der Waals surface area contributed by atoms with Gasteiger partial charge in [0.25, 0.3) is 0 Å². The number of sulfonamides is 1. The molecule has 1 aliphatic carbocycles. The third kappa shape index (κ3) is 3.95. The van der Waals surface area contributed by atoms with E-state index >= 15 is 0 Å². The van der Waals surface area contributed by atoms with Gasteiger partial charge in [0.05, 0.1) is 6.07 Å². The van der Waals surface area contributed by atoms with Crippen molar-refractivity contribution in [3.63, 3.8) is 0 Å². The highest BCUT2D eigenvalue weighted by atomic mass is 32.2. The average molecular weight is 259 g/mol. The molecule has 17 heavy (non-hydrogen) atoms. The molecule has 6 heteroatoms. The van der Waals surface area contributed by atoms with Crippen LogP contribution in [0, 0.1) is 11.3 Å². The standard InChI is InChI=1S/C11H21N3O2S/c1-2-8-14(17(15,16)9-7-12)11-5-3-10(13)4-6-11/h10-11H,2-6,8-9,13H2,1H3. The normalized spacial score (nSPS) is 25.8. The second-order valence-electron chi connectivity index (χ2n) is 4.59. The molecule has 0 aromatic heterocycles. The molecule has 0 aromatic rings. The lowest BCUT2D eigenvalue weighted by Gasteiger charge is -2.34. The predicted molar refractivity (Wildman–Crippen MR) is 66.6 cm³/mol. The quantitative estimate of drug-likeness (QED) is 0.792. The Morgan fingerprint density at radius 2 is 1.94 bits per heavy atom. The van der Waals surface area contributed by atoms with E-state index in [0.29, 0.717) is 6.54 Å². The minimum atomic E-state index is -3.42. The van der Waals surface area contributed by atoms with Gasteiger partial charge in [0.2, 0.25) is 10.0 Å². The molecule has 0 atom stereocenters. The van der Waals surface area contributed by atoms with Gasteiger partial charge in [0, 0.05) is 18.6 Å².